The Hall–Kier alpha value is -2.74. The number of carbonyl (C=O) groups excluding carboxylic acids is 1. The highest BCUT2D eigenvalue weighted by Crippen LogP contribution is 2.40. The van der Waals surface area contributed by atoms with Gasteiger partial charge in [0.05, 0.1) is 11.5 Å². The topological polar surface area (TPSA) is 59.4 Å². The number of ether oxygens (including phenoxy) is 1. The van der Waals surface area contributed by atoms with Gasteiger partial charge in [0.1, 0.15) is 4.83 Å². The summed E-state index contributed by atoms with van der Waals surface area (Å²) in [6, 6.07) is 12.6. The van der Waals surface area contributed by atoms with E-state index >= 15 is 0 Å². The number of methoxy groups -OCH3 is 1. The highest BCUT2D eigenvalue weighted by molar-refractivity contribution is 7.20. The zero-order chi connectivity index (χ0) is 22.1. The van der Waals surface area contributed by atoms with Crippen LogP contribution in [0.5, 0.6) is 0 Å². The molecule has 1 saturated heterocycles. The van der Waals surface area contributed by atoms with Crippen LogP contribution in [0.3, 0.4) is 0 Å². The number of amides is 1. The average Bonchev–Trinajstić information content (AvgIpc) is 3.50. The maximum absolute atomic E-state index is 13.0. The van der Waals surface area contributed by atoms with Crippen molar-refractivity contribution >= 4 is 38.4 Å². The normalized spacial score (nSPS) is 16.9. The van der Waals surface area contributed by atoms with Crippen molar-refractivity contribution in [2.75, 3.05) is 33.4 Å². The number of carbonyl (C=O) groups is 1. The number of hydrogen-bond donors (Lipinski definition) is 1. The minimum Gasteiger partial charge on any atom is -0.383 e. The molecule has 7 heteroatoms. The Kier molecular flexibility index (Phi) is 5.95. The highest BCUT2D eigenvalue weighted by Gasteiger charge is 2.31. The van der Waals surface area contributed by atoms with Crippen LogP contribution in [0.4, 0.5) is 0 Å². The second-order valence-corrected chi connectivity index (χ2v) is 9.45. The molecule has 1 aromatic carbocycles. The molecule has 1 atom stereocenters. The molecule has 0 spiro atoms. The maximum atomic E-state index is 13.0. The molecule has 32 heavy (non-hydrogen) atoms. The van der Waals surface area contributed by atoms with Crippen molar-refractivity contribution in [2.24, 2.45) is 7.05 Å². The number of aromatic nitrogens is 2. The van der Waals surface area contributed by atoms with Gasteiger partial charge in [-0.05, 0) is 36.2 Å². The van der Waals surface area contributed by atoms with E-state index in [1.807, 2.05) is 6.07 Å². The smallest absolute Gasteiger partial charge is 0.261 e. The molecule has 1 aliphatic heterocycles. The molecule has 4 heterocycles. The fourth-order valence-electron chi connectivity index (χ4n) is 4.88. The largest absolute Gasteiger partial charge is 0.383 e. The first kappa shape index (κ1) is 21.1. The zero-order valence-corrected chi connectivity index (χ0v) is 19.3. The molecule has 0 unspecified atom stereocenters. The molecule has 0 bridgehead atoms. The van der Waals surface area contributed by atoms with Crippen LogP contribution in [-0.4, -0.2) is 53.7 Å². The fourth-order valence-corrected chi connectivity index (χ4v) is 6.02. The SMILES string of the molecule is COCCNC(=O)c1sc2ncccc2c1[C@@H]1CCN(Cc2cn(C)c3ccccc23)C1. The number of likely N-dealkylation sites (tertiary alicyclic amines) is 1. The van der Waals surface area contributed by atoms with E-state index in [1.54, 1.807) is 13.3 Å². The van der Waals surface area contributed by atoms with Crippen LogP contribution in [0.1, 0.15) is 33.1 Å². The number of pyridine rings is 1. The lowest BCUT2D eigenvalue weighted by Gasteiger charge is -2.16. The molecule has 5 rings (SSSR count). The Balaban J connectivity index is 1.40. The number of thiophene rings is 1. The molecule has 3 aromatic heterocycles. The van der Waals surface area contributed by atoms with Crippen LogP contribution in [0, 0.1) is 0 Å². The van der Waals surface area contributed by atoms with Gasteiger partial charge < -0.3 is 14.6 Å². The monoisotopic (exact) mass is 448 g/mol. The van der Waals surface area contributed by atoms with Gasteiger partial charge in [-0.3, -0.25) is 9.69 Å². The summed E-state index contributed by atoms with van der Waals surface area (Å²) in [5.41, 5.74) is 3.79. The van der Waals surface area contributed by atoms with Gasteiger partial charge in [0.2, 0.25) is 0 Å². The van der Waals surface area contributed by atoms with E-state index < -0.39 is 0 Å². The minimum atomic E-state index is -0.0208. The van der Waals surface area contributed by atoms with Gasteiger partial charge in [0.25, 0.3) is 5.91 Å². The summed E-state index contributed by atoms with van der Waals surface area (Å²) in [5, 5.41) is 5.44. The first-order valence-corrected chi connectivity index (χ1v) is 11.9. The van der Waals surface area contributed by atoms with Crippen molar-refractivity contribution in [1.29, 1.82) is 0 Å². The van der Waals surface area contributed by atoms with Crippen molar-refractivity contribution in [3.8, 4) is 0 Å². The van der Waals surface area contributed by atoms with E-state index in [0.29, 0.717) is 19.1 Å². The fraction of sp³-hybridized carbons (Fsp3) is 0.360. The van der Waals surface area contributed by atoms with Gasteiger partial charge in [0.15, 0.2) is 0 Å². The van der Waals surface area contributed by atoms with Crippen LogP contribution in [0.15, 0.2) is 48.8 Å². The van der Waals surface area contributed by atoms with Gasteiger partial charge in [-0.15, -0.1) is 11.3 Å². The predicted molar refractivity (Wildman–Crippen MR) is 129 cm³/mol. The summed E-state index contributed by atoms with van der Waals surface area (Å²) in [4.78, 5) is 21.8. The van der Waals surface area contributed by atoms with Gasteiger partial charge >= 0.3 is 0 Å². The van der Waals surface area contributed by atoms with Gasteiger partial charge in [-0.2, -0.15) is 0 Å². The van der Waals surface area contributed by atoms with Crippen LogP contribution in [0.25, 0.3) is 21.1 Å². The van der Waals surface area contributed by atoms with Crippen LogP contribution >= 0.6 is 11.3 Å². The van der Waals surface area contributed by atoms with E-state index in [0.717, 1.165) is 46.7 Å². The Labute approximate surface area is 191 Å². The quantitative estimate of drug-likeness (QED) is 0.432. The van der Waals surface area contributed by atoms with Crippen LogP contribution in [-0.2, 0) is 18.3 Å². The lowest BCUT2D eigenvalue weighted by molar-refractivity contribution is 0.0940. The molecule has 4 aromatic rings. The second-order valence-electron chi connectivity index (χ2n) is 8.45. The van der Waals surface area contributed by atoms with Gasteiger partial charge in [0, 0.05) is 68.4 Å². The average molecular weight is 449 g/mol. The van der Waals surface area contributed by atoms with Crippen molar-refractivity contribution < 1.29 is 9.53 Å². The number of aryl methyl sites for hydroxylation is 1. The molecule has 0 aliphatic carbocycles. The van der Waals surface area contributed by atoms with Crippen LogP contribution < -0.4 is 5.32 Å². The molecule has 1 amide bonds. The molecule has 1 aliphatic rings. The zero-order valence-electron chi connectivity index (χ0n) is 18.5. The number of benzene rings is 1. The number of nitrogens with one attached hydrogen (secondary N) is 1. The van der Waals surface area contributed by atoms with Gasteiger partial charge in [-0.25, -0.2) is 4.98 Å². The van der Waals surface area contributed by atoms with Crippen molar-refractivity contribution in [2.45, 2.75) is 18.9 Å². The molecular weight excluding hydrogens is 420 g/mol. The van der Waals surface area contributed by atoms with E-state index in [-0.39, 0.29) is 5.91 Å². The molecule has 1 fully saturated rings. The van der Waals surface area contributed by atoms with Crippen molar-refractivity contribution in [1.82, 2.24) is 19.8 Å². The Morgan fingerprint density at radius 1 is 1.25 bits per heavy atom. The summed E-state index contributed by atoms with van der Waals surface area (Å²) in [5.74, 6) is 0.304. The number of para-hydroxylation sites is 1. The third kappa shape index (κ3) is 3.92. The number of hydrogen-bond acceptors (Lipinski definition) is 5. The Morgan fingerprint density at radius 2 is 2.09 bits per heavy atom. The molecule has 166 valence electrons. The molecule has 1 N–H and O–H groups in total. The molecule has 0 saturated carbocycles. The first-order valence-electron chi connectivity index (χ1n) is 11.1. The second kappa shape index (κ2) is 9.02. The van der Waals surface area contributed by atoms with E-state index in [4.69, 9.17) is 4.74 Å². The van der Waals surface area contributed by atoms with Crippen LogP contribution in [0.2, 0.25) is 0 Å². The third-order valence-corrected chi connectivity index (χ3v) is 7.48. The summed E-state index contributed by atoms with van der Waals surface area (Å²) in [6.07, 6.45) is 5.09. The highest BCUT2D eigenvalue weighted by atomic mass is 32.1. The number of fused-ring (bicyclic) bond motifs is 2. The number of rotatable bonds is 7. The summed E-state index contributed by atoms with van der Waals surface area (Å²) in [7, 11) is 3.75. The minimum absolute atomic E-state index is 0.0208. The van der Waals surface area contributed by atoms with E-state index in [2.05, 4.69) is 63.3 Å². The molecule has 0 radical (unpaired) electrons. The van der Waals surface area contributed by atoms with E-state index in [1.165, 1.54) is 27.8 Å². The lowest BCUT2D eigenvalue weighted by Crippen LogP contribution is -2.27. The first-order chi connectivity index (χ1) is 15.7. The number of nitrogens with zero attached hydrogens (tertiary/aromatic N) is 3. The summed E-state index contributed by atoms with van der Waals surface area (Å²) >= 11 is 1.50. The van der Waals surface area contributed by atoms with Gasteiger partial charge in [-0.1, -0.05) is 24.3 Å². The maximum Gasteiger partial charge on any atom is 0.261 e. The summed E-state index contributed by atoms with van der Waals surface area (Å²) in [6.45, 7) is 3.91. The summed E-state index contributed by atoms with van der Waals surface area (Å²) < 4.78 is 7.29. The van der Waals surface area contributed by atoms with Crippen molar-refractivity contribution in [3.63, 3.8) is 0 Å². The van der Waals surface area contributed by atoms with Crippen molar-refractivity contribution in [3.05, 3.63) is 64.8 Å². The Bertz CT molecular complexity index is 1260. The molecule has 6 nitrogen and oxygen atoms in total. The lowest BCUT2D eigenvalue weighted by atomic mass is 9.95. The Morgan fingerprint density at radius 3 is 2.97 bits per heavy atom. The molecular formula is C25H28N4O2S. The van der Waals surface area contributed by atoms with E-state index in [9.17, 15) is 4.79 Å². The third-order valence-electron chi connectivity index (χ3n) is 6.36. The standard InChI is InChI=1S/C25H28N4O2S/c1-28-14-18(19-6-3-4-8-21(19)28)16-29-12-9-17(15-29)22-20-7-5-10-27-25(20)32-23(22)24(30)26-11-13-31-2/h3-8,10,14,17H,9,11-13,15-16H2,1-2H3,(H,26,30)/t17-/m1/s1. The predicted octanol–water partition coefficient (Wildman–Crippen LogP) is 4.15.